The van der Waals surface area contributed by atoms with E-state index in [1.165, 1.54) is 10.5 Å². The van der Waals surface area contributed by atoms with Crippen molar-refractivity contribution in [2.75, 3.05) is 46.4 Å². The number of nitrogens with one attached hydrogen (secondary N) is 2. The lowest BCUT2D eigenvalue weighted by molar-refractivity contribution is -0.917. The Morgan fingerprint density at radius 2 is 1.69 bits per heavy atom. The van der Waals surface area contributed by atoms with Gasteiger partial charge in [0.1, 0.15) is 18.0 Å². The second-order valence-corrected chi connectivity index (χ2v) is 7.03. The molecule has 3 rings (SSSR count). The Labute approximate surface area is 171 Å². The minimum absolute atomic E-state index is 0.00476. The van der Waals surface area contributed by atoms with E-state index >= 15 is 0 Å². The maximum Gasteiger partial charge on any atom is 0.258 e. The van der Waals surface area contributed by atoms with Crippen molar-refractivity contribution in [3.05, 3.63) is 60.2 Å². The molecule has 0 radical (unpaired) electrons. The highest BCUT2D eigenvalue weighted by molar-refractivity contribution is 5.85. The summed E-state index contributed by atoms with van der Waals surface area (Å²) in [5.41, 5.74) is 1.26. The summed E-state index contributed by atoms with van der Waals surface area (Å²) in [5.74, 6) is 1.13. The SMILES string of the molecule is COc1ccc(C[NH+]2CCN(C(=O)CNC(=O)COc3ccccc3)CC2)cc1. The topological polar surface area (TPSA) is 72.3 Å². The highest BCUT2D eigenvalue weighted by Gasteiger charge is 2.23. The summed E-state index contributed by atoms with van der Waals surface area (Å²) in [4.78, 5) is 27.5. The van der Waals surface area contributed by atoms with Gasteiger partial charge >= 0.3 is 0 Å². The Kier molecular flexibility index (Phi) is 7.47. The zero-order valence-corrected chi connectivity index (χ0v) is 16.7. The second-order valence-electron chi connectivity index (χ2n) is 7.03. The maximum atomic E-state index is 12.4. The fraction of sp³-hybridized carbons (Fsp3) is 0.364. The van der Waals surface area contributed by atoms with Gasteiger partial charge in [-0.25, -0.2) is 0 Å². The van der Waals surface area contributed by atoms with Gasteiger partial charge in [0, 0.05) is 5.56 Å². The van der Waals surface area contributed by atoms with E-state index in [4.69, 9.17) is 9.47 Å². The van der Waals surface area contributed by atoms with E-state index < -0.39 is 0 Å². The van der Waals surface area contributed by atoms with Crippen LogP contribution in [-0.4, -0.2) is 63.2 Å². The molecule has 2 aromatic carbocycles. The number of amides is 2. The first-order valence-corrected chi connectivity index (χ1v) is 9.83. The smallest absolute Gasteiger partial charge is 0.258 e. The van der Waals surface area contributed by atoms with Crippen LogP contribution in [0.15, 0.2) is 54.6 Å². The van der Waals surface area contributed by atoms with E-state index in [2.05, 4.69) is 17.4 Å². The van der Waals surface area contributed by atoms with Crippen molar-refractivity contribution >= 4 is 11.8 Å². The first-order valence-electron chi connectivity index (χ1n) is 9.83. The Bertz CT molecular complexity index is 787. The van der Waals surface area contributed by atoms with Gasteiger partial charge in [0.2, 0.25) is 5.91 Å². The molecule has 1 aliphatic rings. The van der Waals surface area contributed by atoms with Crippen LogP contribution in [0.3, 0.4) is 0 Å². The van der Waals surface area contributed by atoms with Crippen LogP contribution in [-0.2, 0) is 16.1 Å². The van der Waals surface area contributed by atoms with Crippen LogP contribution >= 0.6 is 0 Å². The molecule has 2 aromatic rings. The molecule has 2 N–H and O–H groups in total. The zero-order valence-electron chi connectivity index (χ0n) is 16.7. The number of quaternary nitrogens is 1. The third-order valence-corrected chi connectivity index (χ3v) is 4.99. The van der Waals surface area contributed by atoms with Crippen LogP contribution in [0, 0.1) is 0 Å². The summed E-state index contributed by atoms with van der Waals surface area (Å²) < 4.78 is 10.6. The minimum Gasteiger partial charge on any atom is -0.497 e. The van der Waals surface area contributed by atoms with Crippen LogP contribution in [0.25, 0.3) is 0 Å². The van der Waals surface area contributed by atoms with Gasteiger partial charge in [-0.05, 0) is 36.4 Å². The number of carbonyl (C=O) groups excluding carboxylic acids is 2. The lowest BCUT2D eigenvalue weighted by atomic mass is 10.2. The number of hydrogen-bond donors (Lipinski definition) is 2. The van der Waals surface area contributed by atoms with Crippen molar-refractivity contribution in [1.82, 2.24) is 10.2 Å². The Morgan fingerprint density at radius 3 is 2.34 bits per heavy atom. The number of nitrogens with zero attached hydrogens (tertiary/aromatic N) is 1. The van der Waals surface area contributed by atoms with E-state index in [1.54, 1.807) is 19.2 Å². The molecule has 0 spiro atoms. The van der Waals surface area contributed by atoms with Crippen LogP contribution in [0.5, 0.6) is 11.5 Å². The molecule has 7 nitrogen and oxygen atoms in total. The number of hydrogen-bond acceptors (Lipinski definition) is 4. The summed E-state index contributed by atoms with van der Waals surface area (Å²) in [7, 11) is 1.66. The molecule has 0 atom stereocenters. The lowest BCUT2D eigenvalue weighted by Gasteiger charge is -2.32. The molecule has 1 heterocycles. The first-order chi connectivity index (χ1) is 14.1. The zero-order chi connectivity index (χ0) is 20.5. The minimum atomic E-state index is -0.300. The monoisotopic (exact) mass is 398 g/mol. The Morgan fingerprint density at radius 1 is 1.00 bits per heavy atom. The molecule has 154 valence electrons. The summed E-state index contributed by atoms with van der Waals surface area (Å²) in [6, 6.07) is 17.2. The lowest BCUT2D eigenvalue weighted by Crippen LogP contribution is -3.13. The van der Waals surface area contributed by atoms with Gasteiger partial charge in [-0.2, -0.15) is 0 Å². The fourth-order valence-electron chi connectivity index (χ4n) is 3.28. The first kappa shape index (κ1) is 20.7. The molecule has 0 bridgehead atoms. The quantitative estimate of drug-likeness (QED) is 0.663. The molecule has 1 aliphatic heterocycles. The molecular weight excluding hydrogens is 370 g/mol. The van der Waals surface area contributed by atoms with Gasteiger partial charge in [0.05, 0.1) is 39.8 Å². The number of methoxy groups -OCH3 is 1. The molecule has 0 saturated carbocycles. The van der Waals surface area contributed by atoms with E-state index in [-0.39, 0.29) is 25.0 Å². The highest BCUT2D eigenvalue weighted by atomic mass is 16.5. The summed E-state index contributed by atoms with van der Waals surface area (Å²) >= 11 is 0. The van der Waals surface area contributed by atoms with Crippen LogP contribution in [0.1, 0.15) is 5.56 Å². The Balaban J connectivity index is 1.34. The van der Waals surface area contributed by atoms with E-state index in [0.29, 0.717) is 18.8 Å². The molecule has 0 aromatic heterocycles. The second kappa shape index (κ2) is 10.5. The van der Waals surface area contributed by atoms with Gasteiger partial charge in [-0.3, -0.25) is 9.59 Å². The van der Waals surface area contributed by atoms with Crippen LogP contribution in [0.2, 0.25) is 0 Å². The third-order valence-electron chi connectivity index (χ3n) is 4.99. The number of ether oxygens (including phenoxy) is 2. The molecule has 1 fully saturated rings. The number of piperazine rings is 1. The van der Waals surface area contributed by atoms with Crippen molar-refractivity contribution in [2.45, 2.75) is 6.54 Å². The number of carbonyl (C=O) groups is 2. The summed E-state index contributed by atoms with van der Waals surface area (Å²) in [6.45, 7) is 4.01. The van der Waals surface area contributed by atoms with Gasteiger partial charge < -0.3 is 24.6 Å². The predicted molar refractivity (Wildman–Crippen MR) is 109 cm³/mol. The van der Waals surface area contributed by atoms with Crippen molar-refractivity contribution in [1.29, 1.82) is 0 Å². The van der Waals surface area contributed by atoms with Gasteiger partial charge in [-0.1, -0.05) is 18.2 Å². The molecule has 0 unspecified atom stereocenters. The molecular formula is C22H28N3O4+. The van der Waals surface area contributed by atoms with Crippen molar-refractivity contribution in [3.8, 4) is 11.5 Å². The third kappa shape index (κ3) is 6.50. The average molecular weight is 398 g/mol. The number of para-hydroxylation sites is 1. The predicted octanol–water partition coefficient (Wildman–Crippen LogP) is 0.118. The number of benzene rings is 2. The average Bonchev–Trinajstić information content (AvgIpc) is 2.78. The van der Waals surface area contributed by atoms with Gasteiger partial charge in [0.25, 0.3) is 5.91 Å². The van der Waals surface area contributed by atoms with Gasteiger partial charge in [0.15, 0.2) is 6.61 Å². The molecule has 0 aliphatic carbocycles. The number of rotatable bonds is 8. The molecule has 7 heteroatoms. The van der Waals surface area contributed by atoms with E-state index in [1.807, 2.05) is 35.2 Å². The Hall–Kier alpha value is -3.06. The molecule has 1 saturated heterocycles. The van der Waals surface area contributed by atoms with Crippen LogP contribution < -0.4 is 19.7 Å². The largest absolute Gasteiger partial charge is 0.497 e. The summed E-state index contributed by atoms with van der Waals surface area (Å²) in [5, 5.41) is 2.64. The van der Waals surface area contributed by atoms with Gasteiger partial charge in [-0.15, -0.1) is 0 Å². The van der Waals surface area contributed by atoms with Crippen molar-refractivity contribution in [2.24, 2.45) is 0 Å². The van der Waals surface area contributed by atoms with E-state index in [0.717, 1.165) is 25.4 Å². The van der Waals surface area contributed by atoms with Crippen molar-refractivity contribution < 1.29 is 24.0 Å². The van der Waals surface area contributed by atoms with Crippen LogP contribution in [0.4, 0.5) is 0 Å². The molecule has 2 amide bonds. The van der Waals surface area contributed by atoms with Crippen molar-refractivity contribution in [3.63, 3.8) is 0 Å². The highest BCUT2D eigenvalue weighted by Crippen LogP contribution is 2.10. The standard InChI is InChI=1S/C22H27N3O4/c1-28-19-9-7-18(8-10-19)16-24-11-13-25(14-12-24)22(27)15-23-21(26)17-29-20-5-3-2-4-6-20/h2-10H,11-17H2,1H3,(H,23,26)/p+1. The summed E-state index contributed by atoms with van der Waals surface area (Å²) in [6.07, 6.45) is 0. The fourth-order valence-corrected chi connectivity index (χ4v) is 3.28. The van der Waals surface area contributed by atoms with E-state index in [9.17, 15) is 9.59 Å². The molecule has 29 heavy (non-hydrogen) atoms. The maximum absolute atomic E-state index is 12.4. The normalized spacial score (nSPS) is 14.3.